The summed E-state index contributed by atoms with van der Waals surface area (Å²) in [6, 6.07) is 3.59. The SMILES string of the molecule is C=Cc1cc(CC(N)C(=O)O)ccc1OS(C)(=O)=O. The second-order valence-electron chi connectivity index (χ2n) is 4.01. The van der Waals surface area contributed by atoms with Gasteiger partial charge in [0, 0.05) is 5.56 Å². The predicted molar refractivity (Wildman–Crippen MR) is 71.3 cm³/mol. The van der Waals surface area contributed by atoms with Gasteiger partial charge in [0.05, 0.1) is 6.26 Å². The molecule has 1 unspecified atom stereocenters. The van der Waals surface area contributed by atoms with E-state index < -0.39 is 22.1 Å². The zero-order chi connectivity index (χ0) is 14.6. The molecule has 0 amide bonds. The molecule has 0 aliphatic carbocycles. The van der Waals surface area contributed by atoms with Crippen LogP contribution in [0.25, 0.3) is 6.08 Å². The maximum Gasteiger partial charge on any atom is 0.320 e. The van der Waals surface area contributed by atoms with Crippen LogP contribution in [0.1, 0.15) is 11.1 Å². The number of hydrogen-bond acceptors (Lipinski definition) is 5. The predicted octanol–water partition coefficient (Wildman–Crippen LogP) is 0.622. The van der Waals surface area contributed by atoms with Crippen molar-refractivity contribution in [3.63, 3.8) is 0 Å². The fourth-order valence-corrected chi connectivity index (χ4v) is 1.94. The largest absolute Gasteiger partial charge is 0.480 e. The average molecular weight is 285 g/mol. The van der Waals surface area contributed by atoms with E-state index in [2.05, 4.69) is 6.58 Å². The van der Waals surface area contributed by atoms with E-state index in [4.69, 9.17) is 15.0 Å². The van der Waals surface area contributed by atoms with E-state index in [0.717, 1.165) is 6.26 Å². The van der Waals surface area contributed by atoms with Gasteiger partial charge in [0.1, 0.15) is 11.8 Å². The van der Waals surface area contributed by atoms with Crippen LogP contribution in [0.2, 0.25) is 0 Å². The first-order valence-electron chi connectivity index (χ1n) is 5.36. The Hall–Kier alpha value is -1.86. The Labute approximate surface area is 111 Å². The normalized spacial score (nSPS) is 12.7. The minimum absolute atomic E-state index is 0.134. The van der Waals surface area contributed by atoms with Gasteiger partial charge < -0.3 is 15.0 Å². The van der Waals surface area contributed by atoms with Crippen LogP contribution in [0.15, 0.2) is 24.8 Å². The Morgan fingerprint density at radius 3 is 2.68 bits per heavy atom. The minimum Gasteiger partial charge on any atom is -0.480 e. The second-order valence-corrected chi connectivity index (χ2v) is 5.59. The van der Waals surface area contributed by atoms with Gasteiger partial charge in [-0.2, -0.15) is 8.42 Å². The van der Waals surface area contributed by atoms with Gasteiger partial charge in [-0.3, -0.25) is 4.79 Å². The third-order valence-electron chi connectivity index (χ3n) is 2.31. The fourth-order valence-electron chi connectivity index (χ4n) is 1.46. The van der Waals surface area contributed by atoms with Gasteiger partial charge in [-0.25, -0.2) is 0 Å². The molecule has 0 heterocycles. The van der Waals surface area contributed by atoms with E-state index in [1.165, 1.54) is 12.1 Å². The lowest BCUT2D eigenvalue weighted by Gasteiger charge is -2.10. The van der Waals surface area contributed by atoms with Crippen LogP contribution in [-0.4, -0.2) is 31.8 Å². The molecule has 0 saturated carbocycles. The summed E-state index contributed by atoms with van der Waals surface area (Å²) in [5, 5.41) is 8.73. The molecule has 0 fully saturated rings. The number of nitrogens with two attached hydrogens (primary N) is 1. The van der Waals surface area contributed by atoms with Gasteiger partial charge in [-0.15, -0.1) is 0 Å². The van der Waals surface area contributed by atoms with Crippen molar-refractivity contribution in [1.29, 1.82) is 0 Å². The first kappa shape index (κ1) is 15.2. The molecular formula is C12H15NO5S. The lowest BCUT2D eigenvalue weighted by molar-refractivity contribution is -0.138. The van der Waals surface area contributed by atoms with E-state index in [9.17, 15) is 13.2 Å². The monoisotopic (exact) mass is 285 g/mol. The third kappa shape index (κ3) is 4.72. The Bertz CT molecular complexity index is 594. The Balaban J connectivity index is 3.02. The van der Waals surface area contributed by atoms with Crippen molar-refractivity contribution in [2.45, 2.75) is 12.5 Å². The summed E-state index contributed by atoms with van der Waals surface area (Å²) in [5.41, 5.74) is 6.54. The molecule has 0 aliphatic rings. The molecular weight excluding hydrogens is 270 g/mol. The zero-order valence-electron chi connectivity index (χ0n) is 10.4. The average Bonchev–Trinajstić information content (AvgIpc) is 2.29. The summed E-state index contributed by atoms with van der Waals surface area (Å²) >= 11 is 0. The molecule has 0 saturated heterocycles. The van der Waals surface area contributed by atoms with E-state index in [0.29, 0.717) is 11.1 Å². The lowest BCUT2D eigenvalue weighted by Crippen LogP contribution is -2.32. The molecule has 0 aliphatic heterocycles. The molecule has 19 heavy (non-hydrogen) atoms. The number of benzene rings is 1. The quantitative estimate of drug-likeness (QED) is 0.742. The number of rotatable bonds is 6. The molecule has 1 rings (SSSR count). The molecule has 0 radical (unpaired) electrons. The Morgan fingerprint density at radius 2 is 2.21 bits per heavy atom. The molecule has 0 spiro atoms. The smallest absolute Gasteiger partial charge is 0.320 e. The van der Waals surface area contributed by atoms with E-state index >= 15 is 0 Å². The van der Waals surface area contributed by atoms with Crippen molar-refractivity contribution in [2.75, 3.05) is 6.26 Å². The van der Waals surface area contributed by atoms with Crippen molar-refractivity contribution >= 4 is 22.2 Å². The van der Waals surface area contributed by atoms with Crippen LogP contribution in [-0.2, 0) is 21.3 Å². The van der Waals surface area contributed by atoms with Crippen LogP contribution in [0.3, 0.4) is 0 Å². The molecule has 0 bridgehead atoms. The number of carboxylic acid groups (broad SMARTS) is 1. The summed E-state index contributed by atoms with van der Waals surface area (Å²) in [6.45, 7) is 3.55. The Kier molecular flexibility index (Phi) is 4.68. The van der Waals surface area contributed by atoms with Gasteiger partial charge >= 0.3 is 16.1 Å². The van der Waals surface area contributed by atoms with Crippen LogP contribution in [0.4, 0.5) is 0 Å². The summed E-state index contributed by atoms with van der Waals surface area (Å²) in [5.74, 6) is -0.957. The van der Waals surface area contributed by atoms with E-state index in [1.807, 2.05) is 0 Å². The Morgan fingerprint density at radius 1 is 1.58 bits per heavy atom. The minimum atomic E-state index is -3.63. The highest BCUT2D eigenvalue weighted by molar-refractivity contribution is 7.86. The molecule has 0 aromatic heterocycles. The van der Waals surface area contributed by atoms with Gasteiger partial charge in [-0.1, -0.05) is 18.7 Å². The summed E-state index contributed by atoms with van der Waals surface area (Å²) in [4.78, 5) is 10.7. The van der Waals surface area contributed by atoms with Crippen LogP contribution in [0.5, 0.6) is 5.75 Å². The molecule has 1 aromatic carbocycles. The second kappa shape index (κ2) is 5.85. The topological polar surface area (TPSA) is 107 Å². The van der Waals surface area contributed by atoms with Crippen molar-refractivity contribution in [2.24, 2.45) is 5.73 Å². The maximum absolute atomic E-state index is 11.1. The fraction of sp³-hybridized carbons (Fsp3) is 0.250. The summed E-state index contributed by atoms with van der Waals surface area (Å²) < 4.78 is 26.9. The standard InChI is InChI=1S/C12H15NO5S/c1-3-9-6-8(7-10(13)12(14)15)4-5-11(9)18-19(2,16)17/h3-6,10H,1,7,13H2,2H3,(H,14,15). The zero-order valence-corrected chi connectivity index (χ0v) is 11.2. The van der Waals surface area contributed by atoms with E-state index in [-0.39, 0.29) is 12.2 Å². The summed E-state index contributed by atoms with van der Waals surface area (Å²) in [7, 11) is -3.63. The first-order valence-corrected chi connectivity index (χ1v) is 7.18. The molecule has 104 valence electrons. The van der Waals surface area contributed by atoms with Crippen LogP contribution < -0.4 is 9.92 Å². The number of carbonyl (C=O) groups is 1. The lowest BCUT2D eigenvalue weighted by atomic mass is 10.0. The van der Waals surface area contributed by atoms with Crippen molar-refractivity contribution in [1.82, 2.24) is 0 Å². The summed E-state index contributed by atoms with van der Waals surface area (Å²) in [6.07, 6.45) is 2.50. The highest BCUT2D eigenvalue weighted by atomic mass is 32.2. The van der Waals surface area contributed by atoms with Crippen molar-refractivity contribution in [3.8, 4) is 5.75 Å². The van der Waals surface area contributed by atoms with Crippen molar-refractivity contribution in [3.05, 3.63) is 35.9 Å². The third-order valence-corrected chi connectivity index (χ3v) is 2.79. The van der Waals surface area contributed by atoms with Gasteiger partial charge in [0.25, 0.3) is 0 Å². The highest BCUT2D eigenvalue weighted by Crippen LogP contribution is 2.23. The molecule has 7 heteroatoms. The number of aliphatic carboxylic acids is 1. The number of carboxylic acids is 1. The van der Waals surface area contributed by atoms with Gasteiger partial charge in [-0.05, 0) is 24.1 Å². The molecule has 6 nitrogen and oxygen atoms in total. The van der Waals surface area contributed by atoms with Crippen LogP contribution in [0, 0.1) is 0 Å². The van der Waals surface area contributed by atoms with Gasteiger partial charge in [0.15, 0.2) is 0 Å². The van der Waals surface area contributed by atoms with Crippen molar-refractivity contribution < 1.29 is 22.5 Å². The first-order chi connectivity index (χ1) is 8.73. The molecule has 1 atom stereocenters. The maximum atomic E-state index is 11.1. The van der Waals surface area contributed by atoms with E-state index in [1.54, 1.807) is 12.1 Å². The number of hydrogen-bond donors (Lipinski definition) is 2. The molecule has 1 aromatic rings. The highest BCUT2D eigenvalue weighted by Gasteiger charge is 2.14. The van der Waals surface area contributed by atoms with Gasteiger partial charge in [0.2, 0.25) is 0 Å². The van der Waals surface area contributed by atoms with Crippen LogP contribution >= 0.6 is 0 Å². The molecule has 3 N–H and O–H groups in total.